The molecule has 2 N–H and O–H groups in total. The Morgan fingerprint density at radius 2 is 1.86 bits per heavy atom. The summed E-state index contributed by atoms with van der Waals surface area (Å²) < 4.78 is 7.68. The van der Waals surface area contributed by atoms with Gasteiger partial charge in [-0.2, -0.15) is 0 Å². The van der Waals surface area contributed by atoms with Crippen molar-refractivity contribution in [1.82, 2.24) is 14.8 Å². The van der Waals surface area contributed by atoms with E-state index in [1.165, 1.54) is 16.0 Å². The molecule has 0 amide bonds. The number of hydrogen-bond donors (Lipinski definition) is 1. The monoisotopic (exact) mass is 491 g/mol. The third-order valence-electron chi connectivity index (χ3n) is 5.90. The van der Waals surface area contributed by atoms with Crippen LogP contribution in [0, 0.1) is 20.8 Å². The van der Waals surface area contributed by atoms with Gasteiger partial charge >= 0.3 is 5.97 Å². The molecule has 1 aromatic carbocycles. The van der Waals surface area contributed by atoms with E-state index in [0.717, 1.165) is 34.1 Å². The van der Waals surface area contributed by atoms with Gasteiger partial charge in [-0.1, -0.05) is 36.4 Å². The highest BCUT2D eigenvalue weighted by Gasteiger charge is 2.33. The van der Waals surface area contributed by atoms with E-state index in [0.29, 0.717) is 12.4 Å². The number of allylic oxidation sites excluding steroid dienone is 1. The van der Waals surface area contributed by atoms with Gasteiger partial charge in [0.05, 0.1) is 12.1 Å². The summed E-state index contributed by atoms with van der Waals surface area (Å²) in [5, 5.41) is 9.83. The molecule has 0 spiro atoms. The average molecular weight is 492 g/mol. The van der Waals surface area contributed by atoms with Crippen LogP contribution in [0.4, 0.5) is 0 Å². The Balaban J connectivity index is 1.83. The summed E-state index contributed by atoms with van der Waals surface area (Å²) in [5.74, 6) is 1.13. The van der Waals surface area contributed by atoms with Crippen molar-refractivity contribution in [2.45, 2.75) is 66.0 Å². The van der Waals surface area contributed by atoms with Gasteiger partial charge in [0, 0.05) is 22.5 Å². The van der Waals surface area contributed by atoms with E-state index in [1.54, 1.807) is 11.3 Å². The molecular weight excluding hydrogens is 458 g/mol. The molecule has 1 unspecified atom stereocenters. The first-order chi connectivity index (χ1) is 16.6. The van der Waals surface area contributed by atoms with Crippen LogP contribution in [0.5, 0.6) is 0 Å². The zero-order valence-electron chi connectivity index (χ0n) is 21.3. The number of hydrogen-bond acceptors (Lipinski definition) is 7. The average Bonchev–Trinajstić information content (AvgIpc) is 3.25. The van der Waals surface area contributed by atoms with Crippen molar-refractivity contribution in [3.63, 3.8) is 0 Å². The van der Waals surface area contributed by atoms with Crippen molar-refractivity contribution < 1.29 is 9.53 Å². The van der Waals surface area contributed by atoms with E-state index in [-0.39, 0.29) is 12.4 Å². The van der Waals surface area contributed by atoms with Crippen molar-refractivity contribution in [2.75, 3.05) is 6.54 Å². The zero-order chi connectivity index (χ0) is 25.3. The first-order valence-corrected chi connectivity index (χ1v) is 12.7. The predicted octanol–water partition coefficient (Wildman–Crippen LogP) is 4.94. The highest BCUT2D eigenvalue weighted by molar-refractivity contribution is 7.15. The summed E-state index contributed by atoms with van der Waals surface area (Å²) in [5.41, 5.74) is 10.3. The summed E-state index contributed by atoms with van der Waals surface area (Å²) in [6, 6.07) is 7.93. The van der Waals surface area contributed by atoms with Crippen LogP contribution in [0.2, 0.25) is 0 Å². The molecule has 1 aliphatic heterocycles. The number of thiophene rings is 1. The van der Waals surface area contributed by atoms with Crippen LogP contribution < -0.4 is 5.73 Å². The second kappa shape index (κ2) is 9.87. The number of benzene rings is 1. The van der Waals surface area contributed by atoms with Crippen molar-refractivity contribution in [2.24, 2.45) is 10.7 Å². The molecule has 1 atom stereocenters. The topological polar surface area (TPSA) is 95.4 Å². The zero-order valence-corrected chi connectivity index (χ0v) is 22.1. The van der Waals surface area contributed by atoms with Crippen LogP contribution in [0.1, 0.15) is 72.0 Å². The van der Waals surface area contributed by atoms with E-state index in [4.69, 9.17) is 15.5 Å². The highest BCUT2D eigenvalue weighted by atomic mass is 32.1. The summed E-state index contributed by atoms with van der Waals surface area (Å²) >= 11 is 1.70. The fraction of sp³-hybridized carbons (Fsp3) is 0.407. The largest absolute Gasteiger partial charge is 0.460 e. The van der Waals surface area contributed by atoms with E-state index in [2.05, 4.69) is 59.0 Å². The number of carbonyl (C=O) groups excluding carboxylic acids is 1. The van der Waals surface area contributed by atoms with Crippen molar-refractivity contribution >= 4 is 23.0 Å². The summed E-state index contributed by atoms with van der Waals surface area (Å²) in [7, 11) is 0. The van der Waals surface area contributed by atoms with Crippen LogP contribution in [0.15, 0.2) is 41.4 Å². The van der Waals surface area contributed by atoms with Gasteiger partial charge < -0.3 is 10.5 Å². The molecule has 0 saturated carbocycles. The van der Waals surface area contributed by atoms with Crippen molar-refractivity contribution in [3.8, 4) is 5.00 Å². The van der Waals surface area contributed by atoms with E-state index in [9.17, 15) is 4.79 Å². The molecule has 35 heavy (non-hydrogen) atoms. The number of nitrogens with two attached hydrogens (primary N) is 1. The maximum Gasteiger partial charge on any atom is 0.308 e. The minimum Gasteiger partial charge on any atom is -0.460 e. The summed E-state index contributed by atoms with van der Waals surface area (Å²) in [4.78, 5) is 19.2. The standard InChI is InChI=1S/C27H33N5O2S/c1-16-17(2)35-26-23(16)24(20-12-10-19(11-13-20)9-7-8-14-28)29-21(15-22(33)34-27(4,5)6)25-31-30-18(3)32(25)26/h7-8,10-13,21H,9,14-15,28H2,1-6H3. The molecule has 3 aromatic rings. The number of nitrogens with zero attached hydrogens (tertiary/aromatic N) is 4. The number of aromatic nitrogens is 3. The van der Waals surface area contributed by atoms with E-state index < -0.39 is 11.6 Å². The van der Waals surface area contributed by atoms with Crippen molar-refractivity contribution in [1.29, 1.82) is 0 Å². The maximum absolute atomic E-state index is 12.8. The van der Waals surface area contributed by atoms with Gasteiger partial charge in [-0.15, -0.1) is 21.5 Å². The van der Waals surface area contributed by atoms with Gasteiger partial charge in [-0.05, 0) is 59.1 Å². The SMILES string of the molecule is Cc1sc2c(c1C)C(c1ccc(CC=CCN)cc1)=NC(CC(=O)OC(C)(C)C)c1nnc(C)n1-2. The molecular formula is C27H33N5O2S. The first-order valence-electron chi connectivity index (χ1n) is 11.9. The number of esters is 1. The van der Waals surface area contributed by atoms with Gasteiger partial charge in [-0.3, -0.25) is 14.4 Å². The van der Waals surface area contributed by atoms with Gasteiger partial charge in [-0.25, -0.2) is 0 Å². The lowest BCUT2D eigenvalue weighted by Crippen LogP contribution is -2.25. The van der Waals surface area contributed by atoms with Crippen LogP contribution in [0.25, 0.3) is 5.00 Å². The highest BCUT2D eigenvalue weighted by Crippen LogP contribution is 2.39. The van der Waals surface area contributed by atoms with E-state index >= 15 is 0 Å². The molecule has 0 radical (unpaired) electrons. The second-order valence-corrected chi connectivity index (χ2v) is 11.0. The van der Waals surface area contributed by atoms with Crippen LogP contribution >= 0.6 is 11.3 Å². The lowest BCUT2D eigenvalue weighted by molar-refractivity contribution is -0.155. The minimum absolute atomic E-state index is 0.0911. The summed E-state index contributed by atoms with van der Waals surface area (Å²) in [6.07, 6.45) is 4.96. The Morgan fingerprint density at radius 3 is 2.51 bits per heavy atom. The molecule has 1 aliphatic rings. The number of aliphatic imine (C=N–C) groups is 1. The predicted molar refractivity (Wildman–Crippen MR) is 141 cm³/mol. The van der Waals surface area contributed by atoms with Gasteiger partial charge in [0.15, 0.2) is 5.82 Å². The van der Waals surface area contributed by atoms with Gasteiger partial charge in [0.2, 0.25) is 0 Å². The molecule has 8 heteroatoms. The van der Waals surface area contributed by atoms with Crippen LogP contribution in [0.3, 0.4) is 0 Å². The fourth-order valence-corrected chi connectivity index (χ4v) is 5.39. The third kappa shape index (κ3) is 5.28. The smallest absolute Gasteiger partial charge is 0.308 e. The molecule has 0 saturated heterocycles. The number of carbonyl (C=O) groups is 1. The lowest BCUT2D eigenvalue weighted by Gasteiger charge is -2.21. The van der Waals surface area contributed by atoms with Gasteiger partial charge in [0.1, 0.15) is 22.5 Å². The van der Waals surface area contributed by atoms with Crippen molar-refractivity contribution in [3.05, 3.63) is 75.2 Å². The Hall–Kier alpha value is -3.10. The number of aryl methyl sites for hydroxylation is 2. The number of fused-ring (bicyclic) bond motifs is 3. The van der Waals surface area contributed by atoms with Crippen LogP contribution in [-0.2, 0) is 16.0 Å². The number of rotatable bonds is 6. The third-order valence-corrected chi connectivity index (χ3v) is 7.10. The fourth-order valence-electron chi connectivity index (χ4n) is 4.18. The molecule has 0 bridgehead atoms. The molecule has 4 rings (SSSR count). The molecule has 3 heterocycles. The van der Waals surface area contributed by atoms with Crippen LogP contribution in [-0.4, -0.2) is 38.6 Å². The quantitative estimate of drug-likeness (QED) is 0.389. The Morgan fingerprint density at radius 1 is 1.14 bits per heavy atom. The Kier molecular flexibility index (Phi) is 7.05. The minimum atomic E-state index is -0.571. The molecule has 7 nitrogen and oxygen atoms in total. The van der Waals surface area contributed by atoms with Gasteiger partial charge in [0.25, 0.3) is 0 Å². The van der Waals surface area contributed by atoms with E-state index in [1.807, 2.05) is 33.8 Å². The summed E-state index contributed by atoms with van der Waals surface area (Å²) in [6.45, 7) is 12.3. The molecule has 0 fully saturated rings. The number of ether oxygens (including phenoxy) is 1. The lowest BCUT2D eigenvalue weighted by atomic mass is 9.98. The maximum atomic E-state index is 12.8. The normalized spacial score (nSPS) is 15.5. The molecule has 0 aliphatic carbocycles. The first kappa shape index (κ1) is 25.0. The molecule has 2 aromatic heterocycles. The molecule has 184 valence electrons. The Labute approximate surface area is 210 Å². The second-order valence-electron chi connectivity index (χ2n) is 9.80. The Bertz CT molecular complexity index is 1290.